The summed E-state index contributed by atoms with van der Waals surface area (Å²) in [5.41, 5.74) is 2.65. The lowest BCUT2D eigenvalue weighted by atomic mass is 10.1. The van der Waals surface area contributed by atoms with Gasteiger partial charge in [0.2, 0.25) is 0 Å². The van der Waals surface area contributed by atoms with Gasteiger partial charge in [0.1, 0.15) is 0 Å². The van der Waals surface area contributed by atoms with Gasteiger partial charge >= 0.3 is 10.4 Å². The number of para-hydroxylation sites is 1. The smallest absolute Gasteiger partial charge is 0.370 e. The second-order valence-electron chi connectivity index (χ2n) is 3.29. The summed E-state index contributed by atoms with van der Waals surface area (Å²) in [6.45, 7) is 1.02. The number of hydrogen-bond donors (Lipinski definition) is 2. The lowest BCUT2D eigenvalue weighted by molar-refractivity contribution is 0.381. The highest BCUT2D eigenvalue weighted by atomic mass is 32.3. The molecule has 0 radical (unpaired) electrons. The lowest BCUT2D eigenvalue weighted by Crippen LogP contribution is -2.19. The molecule has 1 heterocycles. The second kappa shape index (κ2) is 5.11. The third-order valence-corrected chi connectivity index (χ3v) is 2.02. The van der Waals surface area contributed by atoms with Crippen molar-refractivity contribution >= 4 is 22.2 Å². The fourth-order valence-electron chi connectivity index (χ4n) is 1.41. The van der Waals surface area contributed by atoms with Gasteiger partial charge in [-0.2, -0.15) is 8.42 Å². The predicted octanol–water partition coefficient (Wildman–Crippen LogP) is 1.50. The molecule has 1 aromatic rings. The van der Waals surface area contributed by atoms with Gasteiger partial charge in [0.25, 0.3) is 0 Å². The topological polar surface area (TPSA) is 77.8 Å². The zero-order chi connectivity index (χ0) is 12.2. The van der Waals surface area contributed by atoms with E-state index in [1.165, 1.54) is 11.3 Å². The Kier molecular flexibility index (Phi) is 4.05. The van der Waals surface area contributed by atoms with E-state index in [0.29, 0.717) is 0 Å². The van der Waals surface area contributed by atoms with E-state index in [-0.39, 0.29) is 0 Å². The Labute approximate surface area is 94.6 Å². The van der Waals surface area contributed by atoms with Crippen molar-refractivity contribution in [2.24, 2.45) is 0 Å². The molecule has 0 bridgehead atoms. The van der Waals surface area contributed by atoms with Crippen LogP contribution in [0.3, 0.4) is 0 Å². The SMILES string of the molecule is CN1CC=Cc2ccccc21.O=S(=O)(O)O. The molecule has 0 saturated heterocycles. The summed E-state index contributed by atoms with van der Waals surface area (Å²) < 4.78 is 31.6. The Balaban J connectivity index is 0.000000221. The van der Waals surface area contributed by atoms with Crippen LogP contribution < -0.4 is 4.90 Å². The van der Waals surface area contributed by atoms with E-state index in [4.69, 9.17) is 17.5 Å². The van der Waals surface area contributed by atoms with Crippen molar-refractivity contribution in [3.8, 4) is 0 Å². The molecule has 1 aliphatic heterocycles. The van der Waals surface area contributed by atoms with E-state index in [1.807, 2.05) is 0 Å². The van der Waals surface area contributed by atoms with E-state index in [1.54, 1.807) is 0 Å². The van der Waals surface area contributed by atoms with Crippen molar-refractivity contribution in [3.63, 3.8) is 0 Å². The first-order valence-electron chi connectivity index (χ1n) is 4.54. The number of rotatable bonds is 0. The molecule has 0 spiro atoms. The molecule has 16 heavy (non-hydrogen) atoms. The Morgan fingerprint density at radius 1 is 1.25 bits per heavy atom. The maximum Gasteiger partial charge on any atom is 0.394 e. The van der Waals surface area contributed by atoms with Crippen LogP contribution >= 0.6 is 0 Å². The van der Waals surface area contributed by atoms with Crippen LogP contribution in [-0.2, 0) is 10.4 Å². The van der Waals surface area contributed by atoms with Gasteiger partial charge in [-0.3, -0.25) is 9.11 Å². The van der Waals surface area contributed by atoms with Crippen LogP contribution in [0.25, 0.3) is 6.08 Å². The number of nitrogens with zero attached hydrogens (tertiary/aromatic N) is 1. The first-order chi connectivity index (χ1) is 7.38. The third kappa shape index (κ3) is 4.43. The first kappa shape index (κ1) is 12.7. The summed E-state index contributed by atoms with van der Waals surface area (Å²) in [7, 11) is -2.55. The summed E-state index contributed by atoms with van der Waals surface area (Å²) in [6, 6.07) is 8.44. The molecule has 5 nitrogen and oxygen atoms in total. The maximum absolute atomic E-state index is 8.74. The van der Waals surface area contributed by atoms with Gasteiger partial charge in [-0.05, 0) is 11.6 Å². The van der Waals surface area contributed by atoms with E-state index < -0.39 is 10.4 Å². The average Bonchev–Trinajstić information content (AvgIpc) is 2.16. The van der Waals surface area contributed by atoms with Gasteiger partial charge in [0.05, 0.1) is 0 Å². The van der Waals surface area contributed by atoms with E-state index >= 15 is 0 Å². The fraction of sp³-hybridized carbons (Fsp3) is 0.200. The molecule has 0 aliphatic carbocycles. The summed E-state index contributed by atoms with van der Waals surface area (Å²) in [5.74, 6) is 0. The van der Waals surface area contributed by atoms with Gasteiger partial charge in [0, 0.05) is 19.3 Å². The largest absolute Gasteiger partial charge is 0.394 e. The molecule has 2 N–H and O–H groups in total. The van der Waals surface area contributed by atoms with Crippen LogP contribution in [0.2, 0.25) is 0 Å². The minimum absolute atomic E-state index is 1.02. The van der Waals surface area contributed by atoms with Crippen molar-refractivity contribution in [2.75, 3.05) is 18.5 Å². The van der Waals surface area contributed by atoms with Crippen LogP contribution in [0.1, 0.15) is 5.56 Å². The van der Waals surface area contributed by atoms with Gasteiger partial charge in [0.15, 0.2) is 0 Å². The van der Waals surface area contributed by atoms with Crippen LogP contribution in [0, 0.1) is 0 Å². The van der Waals surface area contributed by atoms with Crippen molar-refractivity contribution in [3.05, 3.63) is 35.9 Å². The standard InChI is InChI=1S/C10H11N.H2O4S/c1-11-8-4-6-9-5-2-3-7-10(9)11;1-5(2,3)4/h2-7H,8H2,1H3;(H2,1,2,3,4). The molecule has 0 saturated carbocycles. The maximum atomic E-state index is 8.74. The summed E-state index contributed by atoms with van der Waals surface area (Å²) in [6.07, 6.45) is 4.36. The number of likely N-dealkylation sites (N-methyl/N-ethyl adjacent to an activating group) is 1. The number of anilines is 1. The number of fused-ring (bicyclic) bond motifs is 1. The molecular formula is C10H13NO4S. The van der Waals surface area contributed by atoms with Gasteiger partial charge in [-0.25, -0.2) is 0 Å². The molecule has 0 amide bonds. The molecule has 88 valence electrons. The predicted molar refractivity (Wildman–Crippen MR) is 62.9 cm³/mol. The summed E-state index contributed by atoms with van der Waals surface area (Å²) >= 11 is 0. The fourth-order valence-corrected chi connectivity index (χ4v) is 1.41. The van der Waals surface area contributed by atoms with Crippen LogP contribution in [-0.4, -0.2) is 31.1 Å². The monoisotopic (exact) mass is 243 g/mol. The molecular weight excluding hydrogens is 230 g/mol. The number of hydrogen-bond acceptors (Lipinski definition) is 3. The molecule has 0 aromatic heterocycles. The van der Waals surface area contributed by atoms with Crippen molar-refractivity contribution in [1.29, 1.82) is 0 Å². The highest BCUT2D eigenvalue weighted by molar-refractivity contribution is 7.79. The molecule has 0 atom stereocenters. The summed E-state index contributed by atoms with van der Waals surface area (Å²) in [4.78, 5) is 2.25. The Bertz CT molecular complexity index is 473. The Morgan fingerprint density at radius 2 is 1.81 bits per heavy atom. The summed E-state index contributed by atoms with van der Waals surface area (Å²) in [5, 5.41) is 0. The molecule has 1 aliphatic rings. The van der Waals surface area contributed by atoms with Gasteiger partial charge < -0.3 is 4.90 Å². The molecule has 1 aromatic carbocycles. The Morgan fingerprint density at radius 3 is 2.38 bits per heavy atom. The van der Waals surface area contributed by atoms with Crippen molar-refractivity contribution in [1.82, 2.24) is 0 Å². The van der Waals surface area contributed by atoms with Crippen LogP contribution in [0.4, 0.5) is 5.69 Å². The minimum atomic E-state index is -4.67. The lowest BCUT2D eigenvalue weighted by Gasteiger charge is -2.22. The highest BCUT2D eigenvalue weighted by Crippen LogP contribution is 2.23. The normalized spacial score (nSPS) is 13.8. The second-order valence-corrected chi connectivity index (χ2v) is 4.19. The average molecular weight is 243 g/mol. The molecule has 6 heteroatoms. The first-order valence-corrected chi connectivity index (χ1v) is 5.94. The van der Waals surface area contributed by atoms with Crippen LogP contribution in [0.15, 0.2) is 30.3 Å². The number of benzene rings is 1. The highest BCUT2D eigenvalue weighted by Gasteiger charge is 2.06. The van der Waals surface area contributed by atoms with E-state index in [0.717, 1.165) is 6.54 Å². The van der Waals surface area contributed by atoms with E-state index in [9.17, 15) is 0 Å². The van der Waals surface area contributed by atoms with Crippen LogP contribution in [0.5, 0.6) is 0 Å². The van der Waals surface area contributed by atoms with Gasteiger partial charge in [-0.15, -0.1) is 0 Å². The molecule has 0 fully saturated rings. The van der Waals surface area contributed by atoms with Crippen molar-refractivity contribution < 1.29 is 17.5 Å². The quantitative estimate of drug-likeness (QED) is 0.675. The Hall–Kier alpha value is -1.37. The zero-order valence-electron chi connectivity index (χ0n) is 8.74. The molecule has 2 rings (SSSR count). The third-order valence-electron chi connectivity index (χ3n) is 2.02. The molecule has 0 unspecified atom stereocenters. The van der Waals surface area contributed by atoms with E-state index in [2.05, 4.69) is 48.4 Å². The van der Waals surface area contributed by atoms with Gasteiger partial charge in [-0.1, -0.05) is 30.4 Å². The van der Waals surface area contributed by atoms with Crippen molar-refractivity contribution in [2.45, 2.75) is 0 Å². The minimum Gasteiger partial charge on any atom is -0.370 e. The zero-order valence-corrected chi connectivity index (χ0v) is 9.55.